The zero-order valence-corrected chi connectivity index (χ0v) is 16.1. The largest absolute Gasteiger partial charge is 0.491 e. The Balaban J connectivity index is 2.00. The van der Waals surface area contributed by atoms with Crippen LogP contribution in [0.3, 0.4) is 0 Å². The van der Waals surface area contributed by atoms with Crippen molar-refractivity contribution in [2.45, 2.75) is 50.7 Å². The molecule has 1 aliphatic rings. The van der Waals surface area contributed by atoms with Crippen LogP contribution in [0.25, 0.3) is 0 Å². The molecule has 0 saturated carbocycles. The van der Waals surface area contributed by atoms with Crippen molar-refractivity contribution in [2.75, 3.05) is 25.5 Å². The number of ether oxygens (including phenoxy) is 2. The van der Waals surface area contributed by atoms with Gasteiger partial charge < -0.3 is 14.4 Å². The number of hydrogen-bond donors (Lipinski definition) is 0. The van der Waals surface area contributed by atoms with Gasteiger partial charge in [-0.2, -0.15) is 0 Å². The van der Waals surface area contributed by atoms with E-state index in [1.807, 2.05) is 27.7 Å². The number of benzene rings is 1. The van der Waals surface area contributed by atoms with Crippen LogP contribution in [0.1, 0.15) is 34.1 Å². The second-order valence-electron chi connectivity index (χ2n) is 7.12. The first-order valence-electron chi connectivity index (χ1n) is 8.49. The number of carbonyl (C=O) groups is 1. The predicted octanol–water partition coefficient (Wildman–Crippen LogP) is 2.28. The Morgan fingerprint density at radius 1 is 1.28 bits per heavy atom. The molecule has 0 unspecified atom stereocenters. The minimum Gasteiger partial charge on any atom is -0.491 e. The average Bonchev–Trinajstić information content (AvgIpc) is 2.52. The Morgan fingerprint density at radius 3 is 2.48 bits per heavy atom. The molecule has 0 aromatic heterocycles. The summed E-state index contributed by atoms with van der Waals surface area (Å²) >= 11 is 0. The molecule has 1 aliphatic heterocycles. The predicted molar refractivity (Wildman–Crippen MR) is 95.5 cm³/mol. The van der Waals surface area contributed by atoms with E-state index in [1.54, 1.807) is 17.0 Å². The third-order valence-corrected chi connectivity index (χ3v) is 5.82. The van der Waals surface area contributed by atoms with Crippen LogP contribution in [-0.4, -0.2) is 56.4 Å². The van der Waals surface area contributed by atoms with E-state index in [0.717, 1.165) is 0 Å². The third kappa shape index (κ3) is 5.19. The van der Waals surface area contributed by atoms with Crippen molar-refractivity contribution in [3.63, 3.8) is 0 Å². The maximum Gasteiger partial charge on any atom is 0.224 e. The van der Waals surface area contributed by atoms with Crippen LogP contribution >= 0.6 is 0 Å². The molecule has 2 rings (SSSR count). The van der Waals surface area contributed by atoms with Crippen LogP contribution in [0.2, 0.25) is 0 Å². The second kappa shape index (κ2) is 7.74. The van der Waals surface area contributed by atoms with Gasteiger partial charge in [-0.05, 0) is 52.0 Å². The molecule has 1 aromatic rings. The zero-order chi connectivity index (χ0) is 18.7. The van der Waals surface area contributed by atoms with E-state index in [2.05, 4.69) is 0 Å². The molecule has 1 fully saturated rings. The lowest BCUT2D eigenvalue weighted by Gasteiger charge is -2.42. The molecule has 1 heterocycles. The van der Waals surface area contributed by atoms with Crippen molar-refractivity contribution >= 4 is 15.7 Å². The standard InChI is InChI=1S/C18H27NO5S/c1-14(2)24-15-5-7-16(8-6-15)25(21,22)12-9-17(20)19-10-11-23-13-18(19,3)4/h5-8,14H,9-13H2,1-4H3. The van der Waals surface area contributed by atoms with Crippen LogP contribution < -0.4 is 4.74 Å². The third-order valence-electron chi connectivity index (χ3n) is 4.09. The summed E-state index contributed by atoms with van der Waals surface area (Å²) in [6.07, 6.45) is -0.00678. The first-order valence-corrected chi connectivity index (χ1v) is 10.1. The average molecular weight is 369 g/mol. The van der Waals surface area contributed by atoms with Gasteiger partial charge >= 0.3 is 0 Å². The van der Waals surface area contributed by atoms with Gasteiger partial charge in [0.15, 0.2) is 9.84 Å². The number of hydrogen-bond acceptors (Lipinski definition) is 5. The second-order valence-corrected chi connectivity index (χ2v) is 9.23. The summed E-state index contributed by atoms with van der Waals surface area (Å²) < 4.78 is 35.9. The van der Waals surface area contributed by atoms with E-state index in [-0.39, 0.29) is 29.1 Å². The van der Waals surface area contributed by atoms with Crippen molar-refractivity contribution in [3.05, 3.63) is 24.3 Å². The van der Waals surface area contributed by atoms with Gasteiger partial charge in [-0.3, -0.25) is 4.79 Å². The molecule has 6 nitrogen and oxygen atoms in total. The van der Waals surface area contributed by atoms with Crippen LogP contribution in [0, 0.1) is 0 Å². The van der Waals surface area contributed by atoms with Gasteiger partial charge in [0.05, 0.1) is 35.5 Å². The fourth-order valence-electron chi connectivity index (χ4n) is 2.79. The molecule has 0 aliphatic carbocycles. The maximum absolute atomic E-state index is 12.5. The Labute approximate surface area is 150 Å². The summed E-state index contributed by atoms with van der Waals surface area (Å²) in [5.74, 6) is 0.264. The molecule has 1 saturated heterocycles. The van der Waals surface area contributed by atoms with Gasteiger partial charge in [0.2, 0.25) is 5.91 Å². The first-order chi connectivity index (χ1) is 11.6. The lowest BCUT2D eigenvalue weighted by Crippen LogP contribution is -2.55. The van der Waals surface area contributed by atoms with Gasteiger partial charge in [-0.25, -0.2) is 8.42 Å². The number of amides is 1. The van der Waals surface area contributed by atoms with Gasteiger partial charge in [0, 0.05) is 13.0 Å². The topological polar surface area (TPSA) is 72.9 Å². The van der Waals surface area contributed by atoms with E-state index in [1.165, 1.54) is 12.1 Å². The zero-order valence-electron chi connectivity index (χ0n) is 15.3. The molecule has 1 aromatic carbocycles. The van der Waals surface area contributed by atoms with Gasteiger partial charge in [-0.1, -0.05) is 0 Å². The molecule has 25 heavy (non-hydrogen) atoms. The fourth-order valence-corrected chi connectivity index (χ4v) is 4.02. The highest BCUT2D eigenvalue weighted by Crippen LogP contribution is 2.22. The van der Waals surface area contributed by atoms with E-state index < -0.39 is 15.4 Å². The number of sulfone groups is 1. The molecule has 7 heteroatoms. The summed E-state index contributed by atoms with van der Waals surface area (Å²) in [6, 6.07) is 6.33. The van der Waals surface area contributed by atoms with E-state index >= 15 is 0 Å². The Hall–Kier alpha value is -1.60. The summed E-state index contributed by atoms with van der Waals surface area (Å²) in [4.78, 5) is 14.4. The Morgan fingerprint density at radius 2 is 1.92 bits per heavy atom. The highest BCUT2D eigenvalue weighted by molar-refractivity contribution is 7.91. The van der Waals surface area contributed by atoms with Crippen LogP contribution in [0.15, 0.2) is 29.2 Å². The molecule has 140 valence electrons. The smallest absolute Gasteiger partial charge is 0.224 e. The highest BCUT2D eigenvalue weighted by Gasteiger charge is 2.34. The quantitative estimate of drug-likeness (QED) is 0.769. The number of morpholine rings is 1. The number of carbonyl (C=O) groups excluding carboxylic acids is 1. The van der Waals surface area contributed by atoms with Crippen molar-refractivity contribution in [3.8, 4) is 5.75 Å². The summed E-state index contributed by atoms with van der Waals surface area (Å²) in [6.45, 7) is 9.10. The minimum absolute atomic E-state index is 0.0250. The van der Waals surface area contributed by atoms with E-state index in [0.29, 0.717) is 25.5 Å². The van der Waals surface area contributed by atoms with Crippen molar-refractivity contribution < 1.29 is 22.7 Å². The van der Waals surface area contributed by atoms with Crippen molar-refractivity contribution in [1.29, 1.82) is 0 Å². The lowest BCUT2D eigenvalue weighted by atomic mass is 10.0. The Bertz CT molecular complexity index is 695. The fraction of sp³-hybridized carbons (Fsp3) is 0.611. The molecule has 0 radical (unpaired) electrons. The lowest BCUT2D eigenvalue weighted by molar-refractivity contribution is -0.145. The summed E-state index contributed by atoms with van der Waals surface area (Å²) in [5.41, 5.74) is -0.408. The minimum atomic E-state index is -3.51. The maximum atomic E-state index is 12.5. The van der Waals surface area contributed by atoms with Crippen molar-refractivity contribution in [2.24, 2.45) is 0 Å². The van der Waals surface area contributed by atoms with Gasteiger partial charge in [0.25, 0.3) is 0 Å². The summed E-state index contributed by atoms with van der Waals surface area (Å²) in [5, 5.41) is 0. The SMILES string of the molecule is CC(C)Oc1ccc(S(=O)(=O)CCC(=O)N2CCOCC2(C)C)cc1. The monoisotopic (exact) mass is 369 g/mol. The summed E-state index contributed by atoms with van der Waals surface area (Å²) in [7, 11) is -3.51. The molecule has 0 atom stereocenters. The Kier molecular flexibility index (Phi) is 6.11. The molecule has 1 amide bonds. The van der Waals surface area contributed by atoms with E-state index in [9.17, 15) is 13.2 Å². The van der Waals surface area contributed by atoms with Crippen LogP contribution in [0.5, 0.6) is 5.75 Å². The van der Waals surface area contributed by atoms with Crippen LogP contribution in [-0.2, 0) is 19.4 Å². The van der Waals surface area contributed by atoms with Crippen LogP contribution in [0.4, 0.5) is 0 Å². The van der Waals surface area contributed by atoms with Gasteiger partial charge in [-0.15, -0.1) is 0 Å². The normalized spacial score (nSPS) is 17.6. The highest BCUT2D eigenvalue weighted by atomic mass is 32.2. The number of nitrogens with zero attached hydrogens (tertiary/aromatic N) is 1. The number of rotatable bonds is 6. The molecular formula is C18H27NO5S. The van der Waals surface area contributed by atoms with Gasteiger partial charge in [0.1, 0.15) is 5.75 Å². The molecule has 0 bridgehead atoms. The van der Waals surface area contributed by atoms with E-state index in [4.69, 9.17) is 9.47 Å². The molecule has 0 N–H and O–H groups in total. The molecular weight excluding hydrogens is 342 g/mol. The van der Waals surface area contributed by atoms with Crippen molar-refractivity contribution in [1.82, 2.24) is 4.90 Å². The molecule has 0 spiro atoms. The first kappa shape index (κ1) is 19.7.